The maximum Gasteiger partial charge on any atom is 0.201 e. The Morgan fingerprint density at radius 1 is 1.05 bits per heavy atom. The molecular weight excluding hydrogens is 267 g/mol. The summed E-state index contributed by atoms with van der Waals surface area (Å²) < 4.78 is 45.7. The van der Waals surface area contributed by atoms with Gasteiger partial charge >= 0.3 is 0 Å². The Morgan fingerprint density at radius 3 is 2.40 bits per heavy atom. The first kappa shape index (κ1) is 14.4. The minimum Gasteiger partial charge on any atom is -0.451 e. The fourth-order valence-electron chi connectivity index (χ4n) is 1.85. The van der Waals surface area contributed by atoms with Gasteiger partial charge in [-0.15, -0.1) is 0 Å². The molecule has 0 radical (unpaired) electrons. The summed E-state index contributed by atoms with van der Waals surface area (Å²) in [5.74, 6) is -3.34. The van der Waals surface area contributed by atoms with Gasteiger partial charge in [-0.2, -0.15) is 4.39 Å². The van der Waals surface area contributed by atoms with Gasteiger partial charge in [0.25, 0.3) is 0 Å². The summed E-state index contributed by atoms with van der Waals surface area (Å²) in [7, 11) is 0. The van der Waals surface area contributed by atoms with Gasteiger partial charge in [-0.05, 0) is 37.1 Å². The lowest BCUT2D eigenvalue weighted by atomic mass is 10.1. The van der Waals surface area contributed by atoms with Gasteiger partial charge in [0.2, 0.25) is 5.82 Å². The molecule has 20 heavy (non-hydrogen) atoms. The zero-order valence-electron chi connectivity index (χ0n) is 10.9. The molecule has 2 nitrogen and oxygen atoms in total. The van der Waals surface area contributed by atoms with Crippen LogP contribution in [-0.2, 0) is 6.42 Å². The van der Waals surface area contributed by atoms with E-state index in [9.17, 15) is 13.2 Å². The second-order valence-electron chi connectivity index (χ2n) is 4.56. The average Bonchev–Trinajstić information content (AvgIpc) is 2.38. The minimum absolute atomic E-state index is 0.130. The molecule has 2 aromatic rings. The van der Waals surface area contributed by atoms with Crippen molar-refractivity contribution in [1.29, 1.82) is 0 Å². The van der Waals surface area contributed by atoms with Crippen LogP contribution < -0.4 is 10.5 Å². The number of rotatable bonds is 4. The van der Waals surface area contributed by atoms with Crippen LogP contribution in [0.4, 0.5) is 13.2 Å². The highest BCUT2D eigenvalue weighted by molar-refractivity contribution is 5.40. The molecule has 0 aliphatic rings. The summed E-state index contributed by atoms with van der Waals surface area (Å²) in [6, 6.07) is 7.63. The minimum atomic E-state index is -1.15. The molecule has 0 heterocycles. The molecule has 2 N–H and O–H groups in total. The van der Waals surface area contributed by atoms with Crippen LogP contribution in [0.3, 0.4) is 0 Å². The Kier molecular flexibility index (Phi) is 4.29. The van der Waals surface area contributed by atoms with Crippen LogP contribution in [0, 0.1) is 17.5 Å². The highest BCUT2D eigenvalue weighted by Gasteiger charge is 2.16. The molecule has 0 aliphatic carbocycles. The highest BCUT2D eigenvalue weighted by atomic mass is 19.2. The first-order valence-corrected chi connectivity index (χ1v) is 6.14. The second-order valence-corrected chi connectivity index (χ2v) is 4.56. The van der Waals surface area contributed by atoms with Crippen molar-refractivity contribution in [2.75, 3.05) is 0 Å². The Hall–Kier alpha value is -2.01. The SMILES string of the molecule is CC(N)Cc1cccc(F)c1Oc1cccc(F)c1F. The number of hydrogen-bond donors (Lipinski definition) is 1. The fraction of sp³-hybridized carbons (Fsp3) is 0.200. The molecule has 0 aliphatic heterocycles. The molecule has 0 saturated carbocycles. The van der Waals surface area contributed by atoms with Gasteiger partial charge in [-0.1, -0.05) is 18.2 Å². The summed E-state index contributed by atoms with van der Waals surface area (Å²) in [4.78, 5) is 0. The van der Waals surface area contributed by atoms with E-state index in [2.05, 4.69) is 0 Å². The number of benzene rings is 2. The zero-order chi connectivity index (χ0) is 14.7. The molecule has 1 unspecified atom stereocenters. The van der Waals surface area contributed by atoms with E-state index in [1.54, 1.807) is 13.0 Å². The maximum atomic E-state index is 13.8. The number of ether oxygens (including phenoxy) is 1. The molecule has 106 valence electrons. The van der Waals surface area contributed by atoms with E-state index in [0.717, 1.165) is 6.07 Å². The van der Waals surface area contributed by atoms with Crippen molar-refractivity contribution in [2.45, 2.75) is 19.4 Å². The van der Waals surface area contributed by atoms with Crippen molar-refractivity contribution < 1.29 is 17.9 Å². The van der Waals surface area contributed by atoms with Gasteiger partial charge in [-0.25, -0.2) is 8.78 Å². The lowest BCUT2D eigenvalue weighted by Gasteiger charge is -2.14. The number of hydrogen-bond acceptors (Lipinski definition) is 2. The summed E-state index contributed by atoms with van der Waals surface area (Å²) in [6.07, 6.45) is 0.365. The van der Waals surface area contributed by atoms with Gasteiger partial charge in [0.1, 0.15) is 0 Å². The second kappa shape index (κ2) is 5.96. The van der Waals surface area contributed by atoms with Gasteiger partial charge in [0, 0.05) is 6.04 Å². The quantitative estimate of drug-likeness (QED) is 0.925. The van der Waals surface area contributed by atoms with Gasteiger partial charge in [0.05, 0.1) is 0 Å². The van der Waals surface area contributed by atoms with Crippen LogP contribution >= 0.6 is 0 Å². The lowest BCUT2D eigenvalue weighted by Crippen LogP contribution is -2.18. The molecule has 0 spiro atoms. The molecule has 0 fully saturated rings. The van der Waals surface area contributed by atoms with Crippen LogP contribution in [0.25, 0.3) is 0 Å². The van der Waals surface area contributed by atoms with Crippen LogP contribution in [0.1, 0.15) is 12.5 Å². The van der Waals surface area contributed by atoms with Crippen molar-refractivity contribution in [1.82, 2.24) is 0 Å². The molecule has 0 aromatic heterocycles. The Labute approximate surface area is 115 Å². The van der Waals surface area contributed by atoms with E-state index < -0.39 is 17.5 Å². The van der Waals surface area contributed by atoms with E-state index in [1.807, 2.05) is 0 Å². The fourth-order valence-corrected chi connectivity index (χ4v) is 1.85. The topological polar surface area (TPSA) is 35.2 Å². The van der Waals surface area contributed by atoms with E-state index in [4.69, 9.17) is 10.5 Å². The molecule has 2 rings (SSSR count). The predicted octanol–water partition coefficient (Wildman–Crippen LogP) is 3.79. The van der Waals surface area contributed by atoms with Crippen molar-refractivity contribution in [3.8, 4) is 11.5 Å². The summed E-state index contributed by atoms with van der Waals surface area (Å²) >= 11 is 0. The molecule has 0 saturated heterocycles. The summed E-state index contributed by atoms with van der Waals surface area (Å²) in [6.45, 7) is 1.76. The Bertz CT molecular complexity index is 614. The smallest absolute Gasteiger partial charge is 0.201 e. The molecule has 5 heteroatoms. The molecule has 0 bridgehead atoms. The van der Waals surface area contributed by atoms with E-state index in [-0.39, 0.29) is 17.5 Å². The maximum absolute atomic E-state index is 13.8. The number of halogens is 3. The van der Waals surface area contributed by atoms with E-state index in [1.165, 1.54) is 24.3 Å². The van der Waals surface area contributed by atoms with Gasteiger partial charge in [-0.3, -0.25) is 0 Å². The van der Waals surface area contributed by atoms with Crippen LogP contribution in [0.15, 0.2) is 36.4 Å². The van der Waals surface area contributed by atoms with Gasteiger partial charge < -0.3 is 10.5 Å². The molecular formula is C15H14F3NO. The summed E-state index contributed by atoms with van der Waals surface area (Å²) in [5.41, 5.74) is 6.18. The Morgan fingerprint density at radius 2 is 1.70 bits per heavy atom. The lowest BCUT2D eigenvalue weighted by molar-refractivity contribution is 0.392. The molecule has 1 atom stereocenters. The average molecular weight is 281 g/mol. The normalized spacial score (nSPS) is 12.2. The highest BCUT2D eigenvalue weighted by Crippen LogP contribution is 2.31. The third-order valence-corrected chi connectivity index (χ3v) is 2.72. The number of nitrogens with two attached hydrogens (primary N) is 1. The van der Waals surface area contributed by atoms with Crippen molar-refractivity contribution in [3.05, 3.63) is 59.4 Å². The molecule has 0 amide bonds. The first-order chi connectivity index (χ1) is 9.49. The summed E-state index contributed by atoms with van der Waals surface area (Å²) in [5, 5.41) is 0. The monoisotopic (exact) mass is 281 g/mol. The third kappa shape index (κ3) is 3.11. The first-order valence-electron chi connectivity index (χ1n) is 6.14. The predicted molar refractivity (Wildman–Crippen MR) is 70.2 cm³/mol. The third-order valence-electron chi connectivity index (χ3n) is 2.72. The van der Waals surface area contributed by atoms with Gasteiger partial charge in [0.15, 0.2) is 23.1 Å². The standard InChI is InChI=1S/C15H14F3NO/c1-9(19)8-10-4-2-6-12(17)15(10)20-13-7-3-5-11(16)14(13)18/h2-7,9H,8,19H2,1H3. The van der Waals surface area contributed by atoms with Crippen LogP contribution in [-0.4, -0.2) is 6.04 Å². The van der Waals surface area contributed by atoms with E-state index in [0.29, 0.717) is 12.0 Å². The largest absolute Gasteiger partial charge is 0.451 e. The van der Waals surface area contributed by atoms with Crippen molar-refractivity contribution in [2.24, 2.45) is 5.73 Å². The Balaban J connectivity index is 2.40. The molecule has 2 aromatic carbocycles. The van der Waals surface area contributed by atoms with Crippen molar-refractivity contribution >= 4 is 0 Å². The van der Waals surface area contributed by atoms with Crippen LogP contribution in [0.2, 0.25) is 0 Å². The zero-order valence-corrected chi connectivity index (χ0v) is 10.9. The van der Waals surface area contributed by atoms with Crippen molar-refractivity contribution in [3.63, 3.8) is 0 Å². The van der Waals surface area contributed by atoms with Crippen LogP contribution in [0.5, 0.6) is 11.5 Å². The number of para-hydroxylation sites is 1. The van der Waals surface area contributed by atoms with E-state index >= 15 is 0 Å².